The maximum atomic E-state index is 12.7. The minimum Gasteiger partial charge on any atom is -0.480 e. The first kappa shape index (κ1) is 19.5. The van der Waals surface area contributed by atoms with Crippen molar-refractivity contribution in [2.24, 2.45) is 0 Å². The number of benzene rings is 1. The number of nitrogens with one attached hydrogen (secondary N) is 1. The lowest BCUT2D eigenvalue weighted by Gasteiger charge is -2.25. The number of halogens is 1. The monoisotopic (exact) mass is 378 g/mol. The van der Waals surface area contributed by atoms with Crippen LogP contribution in [0.4, 0.5) is 0 Å². The van der Waals surface area contributed by atoms with E-state index >= 15 is 0 Å². The molecule has 2 rings (SSSR count). The van der Waals surface area contributed by atoms with Crippen LogP contribution in [0.15, 0.2) is 40.8 Å². The minimum atomic E-state index is -1.15. The summed E-state index contributed by atoms with van der Waals surface area (Å²) in [5.41, 5.74) is 0.629. The van der Waals surface area contributed by atoms with Gasteiger partial charge in [-0.05, 0) is 31.2 Å². The summed E-state index contributed by atoms with van der Waals surface area (Å²) in [5.74, 6) is -1.60. The van der Waals surface area contributed by atoms with Gasteiger partial charge in [-0.3, -0.25) is 9.59 Å². The Morgan fingerprint density at radius 2 is 1.92 bits per heavy atom. The van der Waals surface area contributed by atoms with E-state index in [9.17, 15) is 19.5 Å². The fourth-order valence-corrected chi connectivity index (χ4v) is 2.59. The Hall–Kier alpha value is -2.80. The molecular formula is C18H19ClN2O5. The molecule has 1 atom stereocenters. The van der Waals surface area contributed by atoms with Gasteiger partial charge >= 0.3 is 5.97 Å². The molecule has 0 bridgehead atoms. The zero-order valence-electron chi connectivity index (χ0n) is 14.4. The third-order valence-corrected chi connectivity index (χ3v) is 4.10. The van der Waals surface area contributed by atoms with Crippen LogP contribution < -0.4 is 5.32 Å². The first-order chi connectivity index (χ1) is 12.3. The average molecular weight is 379 g/mol. The van der Waals surface area contributed by atoms with E-state index in [2.05, 4.69) is 5.32 Å². The van der Waals surface area contributed by atoms with Crippen LogP contribution in [-0.4, -0.2) is 46.9 Å². The second-order valence-electron chi connectivity index (χ2n) is 5.64. The summed E-state index contributed by atoms with van der Waals surface area (Å²) in [6.45, 7) is 2.91. The molecule has 8 heteroatoms. The minimum absolute atomic E-state index is 0.00385. The molecule has 0 saturated heterocycles. The predicted octanol–water partition coefficient (Wildman–Crippen LogP) is 2.65. The first-order valence-electron chi connectivity index (χ1n) is 7.94. The van der Waals surface area contributed by atoms with Gasteiger partial charge < -0.3 is 19.7 Å². The van der Waals surface area contributed by atoms with Crippen molar-refractivity contribution in [2.45, 2.75) is 19.9 Å². The van der Waals surface area contributed by atoms with Crippen molar-refractivity contribution in [1.82, 2.24) is 10.2 Å². The van der Waals surface area contributed by atoms with Crippen LogP contribution >= 0.6 is 11.6 Å². The number of hydrogen-bond donors (Lipinski definition) is 2. The summed E-state index contributed by atoms with van der Waals surface area (Å²) < 4.78 is 5.59. The number of hydrogen-bond acceptors (Lipinski definition) is 4. The maximum Gasteiger partial charge on any atom is 0.326 e. The normalized spacial score (nSPS) is 11.7. The smallest absolute Gasteiger partial charge is 0.326 e. The number of rotatable bonds is 7. The molecule has 0 saturated carbocycles. The van der Waals surface area contributed by atoms with E-state index in [0.29, 0.717) is 16.3 Å². The van der Waals surface area contributed by atoms with Gasteiger partial charge in [0, 0.05) is 25.6 Å². The van der Waals surface area contributed by atoms with Gasteiger partial charge in [0.2, 0.25) is 5.91 Å². The molecule has 0 aliphatic heterocycles. The topological polar surface area (TPSA) is 99.9 Å². The van der Waals surface area contributed by atoms with Crippen LogP contribution in [0.5, 0.6) is 0 Å². The highest BCUT2D eigenvalue weighted by molar-refractivity contribution is 6.33. The van der Waals surface area contributed by atoms with Gasteiger partial charge in [-0.1, -0.05) is 23.7 Å². The summed E-state index contributed by atoms with van der Waals surface area (Å²) in [6, 6.07) is 9.02. The average Bonchev–Trinajstić information content (AvgIpc) is 3.07. The molecule has 1 heterocycles. The van der Waals surface area contributed by atoms with Crippen LogP contribution in [0, 0.1) is 0 Å². The van der Waals surface area contributed by atoms with Crippen molar-refractivity contribution < 1.29 is 23.9 Å². The molecule has 1 aromatic heterocycles. The number of carbonyl (C=O) groups is 3. The highest BCUT2D eigenvalue weighted by Gasteiger charge is 2.28. The lowest BCUT2D eigenvalue weighted by molar-refractivity contribution is -0.141. The first-order valence-corrected chi connectivity index (χ1v) is 8.32. The molecule has 2 aromatic rings. The lowest BCUT2D eigenvalue weighted by Crippen LogP contribution is -2.46. The Balaban J connectivity index is 2.23. The molecule has 2 N–H and O–H groups in total. The van der Waals surface area contributed by atoms with Crippen LogP contribution in [0.1, 0.15) is 24.4 Å². The molecule has 1 unspecified atom stereocenters. The van der Waals surface area contributed by atoms with Crippen molar-refractivity contribution in [3.63, 3.8) is 0 Å². The number of carbonyl (C=O) groups excluding carboxylic acids is 2. The second kappa shape index (κ2) is 8.53. The molecular weight excluding hydrogens is 360 g/mol. The summed E-state index contributed by atoms with van der Waals surface area (Å²) in [6.07, 6.45) is 0. The summed E-state index contributed by atoms with van der Waals surface area (Å²) in [7, 11) is 0. The molecule has 0 spiro atoms. The van der Waals surface area contributed by atoms with E-state index in [1.54, 1.807) is 30.3 Å². The highest BCUT2D eigenvalue weighted by atomic mass is 35.5. The van der Waals surface area contributed by atoms with Gasteiger partial charge in [0.15, 0.2) is 5.76 Å². The van der Waals surface area contributed by atoms with Crippen LogP contribution in [0.25, 0.3) is 11.3 Å². The van der Waals surface area contributed by atoms with Gasteiger partial charge in [-0.2, -0.15) is 0 Å². The zero-order valence-corrected chi connectivity index (χ0v) is 15.1. The van der Waals surface area contributed by atoms with Crippen molar-refractivity contribution in [1.29, 1.82) is 0 Å². The van der Waals surface area contributed by atoms with Crippen molar-refractivity contribution in [3.8, 4) is 11.3 Å². The Morgan fingerprint density at radius 3 is 2.54 bits per heavy atom. The Labute approximate surface area is 155 Å². The number of aliphatic carboxylic acids is 1. The molecule has 7 nitrogen and oxygen atoms in total. The van der Waals surface area contributed by atoms with Crippen molar-refractivity contribution in [3.05, 3.63) is 47.2 Å². The Kier molecular flexibility index (Phi) is 6.41. The van der Waals surface area contributed by atoms with Gasteiger partial charge in [-0.25, -0.2) is 4.79 Å². The molecule has 0 radical (unpaired) electrons. The quantitative estimate of drug-likeness (QED) is 0.771. The zero-order chi connectivity index (χ0) is 19.3. The van der Waals surface area contributed by atoms with E-state index in [1.807, 2.05) is 0 Å². The van der Waals surface area contributed by atoms with E-state index in [0.717, 1.165) is 4.90 Å². The molecule has 26 heavy (non-hydrogen) atoms. The predicted molar refractivity (Wildman–Crippen MR) is 96.0 cm³/mol. The van der Waals surface area contributed by atoms with Gasteiger partial charge in [-0.15, -0.1) is 0 Å². The van der Waals surface area contributed by atoms with Gasteiger partial charge in [0.25, 0.3) is 5.91 Å². The summed E-state index contributed by atoms with van der Waals surface area (Å²) >= 11 is 6.13. The third-order valence-electron chi connectivity index (χ3n) is 3.77. The molecule has 1 aromatic carbocycles. The molecule has 0 aliphatic rings. The SMILES string of the molecule is CC(=O)NCCN(C(=O)c1ccc(-c2ccccc2Cl)o1)C(C)C(=O)O. The number of furan rings is 1. The highest BCUT2D eigenvalue weighted by Crippen LogP contribution is 2.29. The fraction of sp³-hybridized carbons (Fsp3) is 0.278. The van der Waals surface area contributed by atoms with Crippen molar-refractivity contribution in [2.75, 3.05) is 13.1 Å². The van der Waals surface area contributed by atoms with E-state index in [1.165, 1.54) is 19.9 Å². The molecule has 0 aliphatic carbocycles. The lowest BCUT2D eigenvalue weighted by atomic mass is 10.2. The van der Waals surface area contributed by atoms with E-state index in [-0.39, 0.29) is 24.8 Å². The van der Waals surface area contributed by atoms with E-state index in [4.69, 9.17) is 16.0 Å². The van der Waals surface area contributed by atoms with Gasteiger partial charge in [0.05, 0.1) is 5.02 Å². The molecule has 2 amide bonds. The third kappa shape index (κ3) is 4.64. The van der Waals surface area contributed by atoms with Crippen LogP contribution in [0.3, 0.4) is 0 Å². The summed E-state index contributed by atoms with van der Waals surface area (Å²) in [5, 5.41) is 12.3. The summed E-state index contributed by atoms with van der Waals surface area (Å²) in [4.78, 5) is 36.2. The molecule has 0 fully saturated rings. The number of carboxylic acids is 1. The van der Waals surface area contributed by atoms with Crippen LogP contribution in [0.2, 0.25) is 5.02 Å². The largest absolute Gasteiger partial charge is 0.480 e. The number of nitrogens with zero attached hydrogens (tertiary/aromatic N) is 1. The second-order valence-corrected chi connectivity index (χ2v) is 6.05. The Morgan fingerprint density at radius 1 is 1.23 bits per heavy atom. The molecule has 138 valence electrons. The number of carboxylic acid groups (broad SMARTS) is 1. The maximum absolute atomic E-state index is 12.7. The fourth-order valence-electron chi connectivity index (χ4n) is 2.36. The standard InChI is InChI=1S/C18H19ClN2O5/c1-11(18(24)25)21(10-9-20-12(2)22)17(23)16-8-7-15(26-16)13-5-3-4-6-14(13)19/h3-8,11H,9-10H2,1-2H3,(H,20,22)(H,24,25). The number of amides is 2. The van der Waals surface area contributed by atoms with Crippen molar-refractivity contribution >= 4 is 29.4 Å². The Bertz CT molecular complexity index is 817. The van der Waals surface area contributed by atoms with Crippen LogP contribution in [-0.2, 0) is 9.59 Å². The van der Waals surface area contributed by atoms with Gasteiger partial charge in [0.1, 0.15) is 11.8 Å². The van der Waals surface area contributed by atoms with E-state index < -0.39 is 17.9 Å².